The van der Waals surface area contributed by atoms with E-state index in [1.807, 2.05) is 24.4 Å². The van der Waals surface area contributed by atoms with Crippen molar-refractivity contribution in [1.82, 2.24) is 19.1 Å². The highest BCUT2D eigenvalue weighted by atomic mass is 15.1. The van der Waals surface area contributed by atoms with Crippen molar-refractivity contribution < 1.29 is 0 Å². The summed E-state index contributed by atoms with van der Waals surface area (Å²) in [4.78, 5) is 9.65. The van der Waals surface area contributed by atoms with Crippen LogP contribution in [0, 0.1) is 0 Å². The molecule has 7 aromatic rings. The normalized spacial score (nSPS) is 13.2. The molecule has 4 aromatic carbocycles. The third-order valence-electron chi connectivity index (χ3n) is 8.25. The highest BCUT2D eigenvalue weighted by Gasteiger charge is 2.20. The summed E-state index contributed by atoms with van der Waals surface area (Å²) in [6, 6.07) is 41.3. The van der Waals surface area contributed by atoms with Gasteiger partial charge < -0.3 is 4.57 Å². The van der Waals surface area contributed by atoms with Crippen LogP contribution in [0.5, 0.6) is 0 Å². The van der Waals surface area contributed by atoms with Gasteiger partial charge in [0.2, 0.25) is 0 Å². The molecule has 3 heterocycles. The van der Waals surface area contributed by atoms with E-state index < -0.39 is 0 Å². The molecule has 4 heteroatoms. The zero-order valence-electron chi connectivity index (χ0n) is 22.9. The van der Waals surface area contributed by atoms with Gasteiger partial charge in [0.25, 0.3) is 0 Å². The molecule has 2 atom stereocenters. The topological polar surface area (TPSA) is 35.6 Å². The number of imidazole rings is 1. The van der Waals surface area contributed by atoms with Crippen LogP contribution in [0.1, 0.15) is 44.2 Å². The first-order valence-corrected chi connectivity index (χ1v) is 14.2. The summed E-state index contributed by atoms with van der Waals surface area (Å²) in [7, 11) is 0. The lowest BCUT2D eigenvalue weighted by Gasteiger charge is -2.23. The van der Waals surface area contributed by atoms with E-state index in [1.54, 1.807) is 0 Å². The molecule has 0 amide bonds. The van der Waals surface area contributed by atoms with E-state index in [1.165, 1.54) is 27.4 Å². The lowest BCUT2D eigenvalue weighted by Crippen LogP contribution is -2.10. The number of hydrogen-bond acceptors (Lipinski definition) is 2. The van der Waals surface area contributed by atoms with Crippen LogP contribution in [0.25, 0.3) is 50.0 Å². The highest BCUT2D eigenvalue weighted by molar-refractivity contribution is 6.08. The number of rotatable bonds is 7. The van der Waals surface area contributed by atoms with E-state index in [0.29, 0.717) is 12.0 Å². The first-order valence-electron chi connectivity index (χ1n) is 14.2. The molecular weight excluding hydrogens is 488 g/mol. The van der Waals surface area contributed by atoms with Crippen LogP contribution < -0.4 is 0 Å². The molecule has 0 bridgehead atoms. The Morgan fingerprint density at radius 3 is 2.02 bits per heavy atom. The lowest BCUT2D eigenvalue weighted by molar-refractivity contribution is 0.462. The Balaban J connectivity index is 1.23. The molecule has 0 N–H and O–H groups in total. The quantitative estimate of drug-likeness (QED) is 0.210. The van der Waals surface area contributed by atoms with Crippen molar-refractivity contribution in [2.45, 2.75) is 38.6 Å². The predicted octanol–water partition coefficient (Wildman–Crippen LogP) is 9.34. The van der Waals surface area contributed by atoms with Crippen molar-refractivity contribution in [2.75, 3.05) is 0 Å². The van der Waals surface area contributed by atoms with Crippen molar-refractivity contribution >= 4 is 33.0 Å². The van der Waals surface area contributed by atoms with Crippen LogP contribution in [-0.2, 0) is 0 Å². The number of para-hydroxylation sites is 3. The molecule has 0 saturated heterocycles. The Bertz CT molecular complexity index is 1880. The minimum atomic E-state index is 0.364. The van der Waals surface area contributed by atoms with E-state index in [0.717, 1.165) is 41.1 Å². The molecular formula is C36H32N4. The average Bonchev–Trinajstić information content (AvgIpc) is 3.57. The van der Waals surface area contributed by atoms with Gasteiger partial charge in [0, 0.05) is 45.3 Å². The van der Waals surface area contributed by atoms with Gasteiger partial charge in [-0.25, -0.2) is 9.97 Å². The monoisotopic (exact) mass is 520 g/mol. The third kappa shape index (κ3) is 4.08. The van der Waals surface area contributed by atoms with Crippen molar-refractivity contribution in [2.24, 2.45) is 0 Å². The fourth-order valence-electron chi connectivity index (χ4n) is 6.32. The van der Waals surface area contributed by atoms with Crippen LogP contribution >= 0.6 is 0 Å². The number of fused-ring (bicyclic) bond motifs is 4. The average molecular weight is 521 g/mol. The van der Waals surface area contributed by atoms with Crippen LogP contribution in [0.15, 0.2) is 121 Å². The molecule has 3 aromatic heterocycles. The minimum absolute atomic E-state index is 0.364. The first-order chi connectivity index (χ1) is 19.7. The summed E-state index contributed by atoms with van der Waals surface area (Å²) in [5.41, 5.74) is 7.94. The Labute approximate surface area is 234 Å². The molecule has 2 unspecified atom stereocenters. The van der Waals surface area contributed by atoms with Gasteiger partial charge in [-0.1, -0.05) is 85.8 Å². The standard InChI is InChI=1S/C36H32N4/c1-3-26(24-25(2)39-33-17-9-7-14-30(33)31-15-8-10-18-34(31)39)27-19-21-28(22-20-27)35-38-32-16-11-23-37-36(32)40(35)29-12-5-4-6-13-29/h4-23,25-26H,3,24H2,1-2H3. The van der Waals surface area contributed by atoms with Crippen LogP contribution in [0.4, 0.5) is 0 Å². The molecule has 0 aliphatic heterocycles. The summed E-state index contributed by atoms with van der Waals surface area (Å²) < 4.78 is 4.70. The molecule has 0 aliphatic rings. The van der Waals surface area contributed by atoms with Gasteiger partial charge >= 0.3 is 0 Å². The fourth-order valence-corrected chi connectivity index (χ4v) is 6.32. The summed E-state index contributed by atoms with van der Waals surface area (Å²) in [6.45, 7) is 4.67. The molecule has 0 aliphatic carbocycles. The van der Waals surface area contributed by atoms with Crippen LogP contribution in [0.2, 0.25) is 0 Å². The Morgan fingerprint density at radius 1 is 0.700 bits per heavy atom. The van der Waals surface area contributed by atoms with Gasteiger partial charge in [-0.3, -0.25) is 4.57 Å². The van der Waals surface area contributed by atoms with Gasteiger partial charge in [0.05, 0.1) is 0 Å². The molecule has 0 radical (unpaired) electrons. The van der Waals surface area contributed by atoms with Gasteiger partial charge in [-0.05, 0) is 67.6 Å². The number of nitrogens with zero attached hydrogens (tertiary/aromatic N) is 4. The molecule has 0 fully saturated rings. The maximum atomic E-state index is 4.99. The third-order valence-corrected chi connectivity index (χ3v) is 8.25. The molecule has 196 valence electrons. The SMILES string of the molecule is CCC(CC(C)n1c2ccccc2c2ccccc21)c1ccc(-c2nc3cccnc3n2-c2ccccc2)cc1. The predicted molar refractivity (Wildman–Crippen MR) is 166 cm³/mol. The van der Waals surface area contributed by atoms with Gasteiger partial charge in [-0.2, -0.15) is 0 Å². The van der Waals surface area contributed by atoms with Gasteiger partial charge in [0.1, 0.15) is 11.3 Å². The Hall–Kier alpha value is -4.70. The zero-order chi connectivity index (χ0) is 27.1. The summed E-state index contributed by atoms with van der Waals surface area (Å²) in [5.74, 6) is 1.37. The highest BCUT2D eigenvalue weighted by Crippen LogP contribution is 2.37. The van der Waals surface area contributed by atoms with Crippen molar-refractivity contribution in [3.63, 3.8) is 0 Å². The molecule has 4 nitrogen and oxygen atoms in total. The van der Waals surface area contributed by atoms with E-state index in [9.17, 15) is 0 Å². The molecule has 7 rings (SSSR count). The summed E-state index contributed by atoms with van der Waals surface area (Å²) >= 11 is 0. The second kappa shape index (κ2) is 10.1. The molecule has 40 heavy (non-hydrogen) atoms. The molecule has 0 saturated carbocycles. The smallest absolute Gasteiger partial charge is 0.164 e. The summed E-state index contributed by atoms with van der Waals surface area (Å²) in [6.07, 6.45) is 4.00. The number of pyridine rings is 1. The van der Waals surface area contributed by atoms with Gasteiger partial charge in [0.15, 0.2) is 5.65 Å². The number of hydrogen-bond donors (Lipinski definition) is 0. The van der Waals surface area contributed by atoms with Gasteiger partial charge in [-0.15, -0.1) is 0 Å². The van der Waals surface area contributed by atoms with Crippen LogP contribution in [-0.4, -0.2) is 19.1 Å². The van der Waals surface area contributed by atoms with E-state index in [-0.39, 0.29) is 0 Å². The van der Waals surface area contributed by atoms with Crippen LogP contribution in [0.3, 0.4) is 0 Å². The van der Waals surface area contributed by atoms with E-state index in [4.69, 9.17) is 4.98 Å². The number of benzene rings is 4. The zero-order valence-corrected chi connectivity index (χ0v) is 22.9. The maximum Gasteiger partial charge on any atom is 0.164 e. The minimum Gasteiger partial charge on any atom is -0.338 e. The molecule has 0 spiro atoms. The Kier molecular flexibility index (Phi) is 6.16. The Morgan fingerprint density at radius 2 is 1.35 bits per heavy atom. The van der Waals surface area contributed by atoms with Crippen molar-refractivity contribution in [3.8, 4) is 17.1 Å². The second-order valence-corrected chi connectivity index (χ2v) is 10.7. The second-order valence-electron chi connectivity index (χ2n) is 10.7. The lowest BCUT2D eigenvalue weighted by atomic mass is 9.89. The van der Waals surface area contributed by atoms with Crippen molar-refractivity contribution in [3.05, 3.63) is 127 Å². The van der Waals surface area contributed by atoms with E-state index in [2.05, 4.69) is 125 Å². The van der Waals surface area contributed by atoms with Crippen molar-refractivity contribution in [1.29, 1.82) is 0 Å². The summed E-state index contributed by atoms with van der Waals surface area (Å²) in [5, 5.41) is 2.66. The fraction of sp³-hybridized carbons (Fsp3) is 0.167. The maximum absolute atomic E-state index is 4.99. The van der Waals surface area contributed by atoms with E-state index >= 15 is 0 Å². The number of aromatic nitrogens is 4. The first kappa shape index (κ1) is 24.3. The largest absolute Gasteiger partial charge is 0.338 e.